The van der Waals surface area contributed by atoms with Crippen LogP contribution in [-0.2, 0) is 16.6 Å². The van der Waals surface area contributed by atoms with Gasteiger partial charge in [-0.25, -0.2) is 13.6 Å². The van der Waals surface area contributed by atoms with Crippen molar-refractivity contribution in [1.82, 2.24) is 0 Å². The molecule has 0 spiro atoms. The summed E-state index contributed by atoms with van der Waals surface area (Å²) in [6.45, 7) is 0.431. The van der Waals surface area contributed by atoms with E-state index in [-0.39, 0.29) is 10.6 Å². The van der Waals surface area contributed by atoms with Gasteiger partial charge >= 0.3 is 0 Å². The van der Waals surface area contributed by atoms with E-state index in [4.69, 9.17) is 5.14 Å². The summed E-state index contributed by atoms with van der Waals surface area (Å²) in [6, 6.07) is 17.6. The molecule has 0 aromatic heterocycles. The molecule has 3 aromatic carbocycles. The molecule has 0 saturated carbocycles. The normalized spacial score (nSPS) is 11.5. The Kier molecular flexibility index (Phi) is 4.62. The zero-order valence-electron chi connectivity index (χ0n) is 14.0. The number of nitro groups is 1. The van der Waals surface area contributed by atoms with Crippen molar-refractivity contribution >= 4 is 32.2 Å². The average Bonchev–Trinajstić information content (AvgIpc) is 2.60. The number of sulfonamides is 1. The van der Waals surface area contributed by atoms with Crippen molar-refractivity contribution < 1.29 is 13.3 Å². The smallest absolute Gasteiger partial charge is 0.293 e. The number of primary sulfonamides is 1. The summed E-state index contributed by atoms with van der Waals surface area (Å²) in [4.78, 5) is 12.2. The Labute approximate surface area is 150 Å². The van der Waals surface area contributed by atoms with Crippen molar-refractivity contribution in [3.05, 3.63) is 76.3 Å². The number of fused-ring (bicyclic) bond motifs is 1. The second kappa shape index (κ2) is 6.74. The average molecular weight is 371 g/mol. The minimum Gasteiger partial charge on any atom is -0.365 e. The second-order valence-electron chi connectivity index (χ2n) is 5.99. The van der Waals surface area contributed by atoms with Gasteiger partial charge in [-0.1, -0.05) is 36.4 Å². The van der Waals surface area contributed by atoms with Gasteiger partial charge in [-0.2, -0.15) is 0 Å². The third-order valence-corrected chi connectivity index (χ3v) is 5.03. The van der Waals surface area contributed by atoms with E-state index >= 15 is 0 Å². The molecule has 8 heteroatoms. The Morgan fingerprint density at radius 1 is 1.04 bits per heavy atom. The molecule has 3 aromatic rings. The highest BCUT2D eigenvalue weighted by Gasteiger charge is 2.21. The summed E-state index contributed by atoms with van der Waals surface area (Å²) < 4.78 is 22.9. The summed E-state index contributed by atoms with van der Waals surface area (Å²) in [5.41, 5.74) is 0.992. The quantitative estimate of drug-likeness (QED) is 0.548. The van der Waals surface area contributed by atoms with Gasteiger partial charge in [0.2, 0.25) is 10.0 Å². The summed E-state index contributed by atoms with van der Waals surface area (Å²) in [5, 5.41) is 18.6. The largest absolute Gasteiger partial charge is 0.365 e. The van der Waals surface area contributed by atoms with Gasteiger partial charge in [0.1, 0.15) is 5.69 Å². The Bertz CT molecular complexity index is 1100. The predicted molar refractivity (Wildman–Crippen MR) is 101 cm³/mol. The van der Waals surface area contributed by atoms with Crippen LogP contribution in [-0.4, -0.2) is 20.4 Å². The molecule has 26 heavy (non-hydrogen) atoms. The van der Waals surface area contributed by atoms with Gasteiger partial charge in [0.05, 0.1) is 9.82 Å². The first-order chi connectivity index (χ1) is 12.3. The van der Waals surface area contributed by atoms with E-state index in [0.717, 1.165) is 22.4 Å². The number of hydrogen-bond donors (Lipinski definition) is 1. The molecule has 2 N–H and O–H groups in total. The van der Waals surface area contributed by atoms with Crippen LogP contribution in [0.2, 0.25) is 0 Å². The van der Waals surface area contributed by atoms with Crippen LogP contribution < -0.4 is 10.0 Å². The molecule has 0 aliphatic carbocycles. The Hall–Kier alpha value is -2.97. The zero-order chi connectivity index (χ0) is 18.9. The molecule has 0 amide bonds. The van der Waals surface area contributed by atoms with Crippen LogP contribution in [0.4, 0.5) is 11.4 Å². The number of rotatable bonds is 5. The van der Waals surface area contributed by atoms with Crippen LogP contribution in [0.3, 0.4) is 0 Å². The molecular weight excluding hydrogens is 354 g/mol. The number of benzene rings is 3. The van der Waals surface area contributed by atoms with Crippen molar-refractivity contribution in [1.29, 1.82) is 0 Å². The lowest BCUT2D eigenvalue weighted by molar-refractivity contribution is -0.384. The van der Waals surface area contributed by atoms with E-state index in [9.17, 15) is 18.5 Å². The fourth-order valence-electron chi connectivity index (χ4n) is 2.85. The van der Waals surface area contributed by atoms with Crippen LogP contribution in [0.15, 0.2) is 65.6 Å². The molecular formula is C18H17N3O4S. The van der Waals surface area contributed by atoms with Crippen molar-refractivity contribution in [2.45, 2.75) is 11.4 Å². The van der Waals surface area contributed by atoms with E-state index < -0.39 is 14.9 Å². The third kappa shape index (κ3) is 3.66. The maximum atomic E-state index is 11.4. The highest BCUT2D eigenvalue weighted by molar-refractivity contribution is 7.89. The Morgan fingerprint density at radius 3 is 2.38 bits per heavy atom. The summed E-state index contributed by atoms with van der Waals surface area (Å²) in [6.07, 6.45) is 0. The molecule has 0 fully saturated rings. The van der Waals surface area contributed by atoms with Gasteiger partial charge in [-0.15, -0.1) is 0 Å². The monoisotopic (exact) mass is 371 g/mol. The van der Waals surface area contributed by atoms with E-state index in [1.165, 1.54) is 12.1 Å². The van der Waals surface area contributed by atoms with Gasteiger partial charge in [-0.3, -0.25) is 10.1 Å². The Balaban J connectivity index is 1.95. The molecule has 0 heterocycles. The molecule has 0 bridgehead atoms. The SMILES string of the molecule is CN(Cc1ccc2ccccc2c1)c1ccc(S(N)(=O)=O)cc1[N+](=O)[O-]. The molecule has 3 rings (SSSR count). The maximum absolute atomic E-state index is 11.4. The topological polar surface area (TPSA) is 107 Å². The van der Waals surface area contributed by atoms with Crippen molar-refractivity contribution in [2.75, 3.05) is 11.9 Å². The first kappa shape index (κ1) is 17.8. The molecule has 0 saturated heterocycles. The lowest BCUT2D eigenvalue weighted by Crippen LogP contribution is -2.19. The zero-order valence-corrected chi connectivity index (χ0v) is 14.8. The van der Waals surface area contributed by atoms with Crippen molar-refractivity contribution in [3.8, 4) is 0 Å². The molecule has 0 aliphatic rings. The molecule has 0 unspecified atom stereocenters. The lowest BCUT2D eigenvalue weighted by Gasteiger charge is -2.20. The van der Waals surface area contributed by atoms with E-state index in [2.05, 4.69) is 0 Å². The molecule has 0 atom stereocenters. The van der Waals surface area contributed by atoms with Gasteiger partial charge in [0.25, 0.3) is 5.69 Å². The van der Waals surface area contributed by atoms with E-state index in [1.54, 1.807) is 11.9 Å². The molecule has 0 aliphatic heterocycles. The van der Waals surface area contributed by atoms with E-state index in [1.807, 2.05) is 42.5 Å². The minimum absolute atomic E-state index is 0.285. The van der Waals surface area contributed by atoms with Gasteiger partial charge in [-0.05, 0) is 34.5 Å². The summed E-state index contributed by atoms with van der Waals surface area (Å²) in [5.74, 6) is 0. The van der Waals surface area contributed by atoms with Gasteiger partial charge in [0.15, 0.2) is 0 Å². The fourth-order valence-corrected chi connectivity index (χ4v) is 3.38. The standard InChI is InChI=1S/C18H17N3O4S/c1-20(12-13-6-7-14-4-2-3-5-15(14)10-13)17-9-8-16(26(19,24)25)11-18(17)21(22)23/h2-11H,12H2,1H3,(H2,19,24,25). The van der Waals surface area contributed by atoms with Crippen molar-refractivity contribution in [3.63, 3.8) is 0 Å². The first-order valence-corrected chi connectivity index (χ1v) is 9.30. The van der Waals surface area contributed by atoms with Gasteiger partial charge in [0, 0.05) is 19.7 Å². The maximum Gasteiger partial charge on any atom is 0.293 e. The van der Waals surface area contributed by atoms with Crippen molar-refractivity contribution in [2.24, 2.45) is 5.14 Å². The van der Waals surface area contributed by atoms with Crippen LogP contribution in [0, 0.1) is 10.1 Å². The highest BCUT2D eigenvalue weighted by Crippen LogP contribution is 2.31. The number of nitro benzene ring substituents is 1. The number of nitrogens with zero attached hydrogens (tertiary/aromatic N) is 2. The van der Waals surface area contributed by atoms with Crippen LogP contribution in [0.5, 0.6) is 0 Å². The number of anilines is 1. The third-order valence-electron chi connectivity index (χ3n) is 4.12. The lowest BCUT2D eigenvalue weighted by atomic mass is 10.1. The number of nitrogens with two attached hydrogens (primary N) is 1. The fraction of sp³-hybridized carbons (Fsp3) is 0.111. The van der Waals surface area contributed by atoms with E-state index in [0.29, 0.717) is 12.2 Å². The molecule has 134 valence electrons. The highest BCUT2D eigenvalue weighted by atomic mass is 32.2. The minimum atomic E-state index is -4.01. The molecule has 0 radical (unpaired) electrons. The van der Waals surface area contributed by atoms with Crippen LogP contribution in [0.1, 0.15) is 5.56 Å². The predicted octanol–water partition coefficient (Wildman–Crippen LogP) is 3.03. The van der Waals surface area contributed by atoms with Crippen LogP contribution in [0.25, 0.3) is 10.8 Å². The second-order valence-corrected chi connectivity index (χ2v) is 7.55. The molecule has 7 nitrogen and oxygen atoms in total. The van der Waals surface area contributed by atoms with Crippen LogP contribution >= 0.6 is 0 Å². The summed E-state index contributed by atoms with van der Waals surface area (Å²) in [7, 11) is -2.29. The number of hydrogen-bond acceptors (Lipinski definition) is 5. The summed E-state index contributed by atoms with van der Waals surface area (Å²) >= 11 is 0. The first-order valence-electron chi connectivity index (χ1n) is 7.76. The van der Waals surface area contributed by atoms with Gasteiger partial charge < -0.3 is 4.90 Å². The Morgan fingerprint density at radius 2 is 1.73 bits per heavy atom.